The maximum absolute atomic E-state index is 9.68. The number of H-pyrrole nitrogens is 1. The molecule has 6 nitrogen and oxygen atoms in total. The standard InChI is InChI=1S/C17H18N4O2/c1-11-19-16-14(5-6-18-16)17(20-11)21-7-8-23-15(10-21)12-3-2-4-13(22)9-12/h2-6,9,15,22H,7-8,10H2,1H3,(H,18,19,20)/t15-/m0/s1. The van der Waals surface area contributed by atoms with Crippen LogP contribution in [0, 0.1) is 6.92 Å². The number of nitrogens with zero attached hydrogens (tertiary/aromatic N) is 3. The first-order chi connectivity index (χ1) is 11.2. The Hall–Kier alpha value is -2.60. The summed E-state index contributed by atoms with van der Waals surface area (Å²) in [5.74, 6) is 1.94. The molecule has 0 unspecified atom stereocenters. The van der Waals surface area contributed by atoms with Crippen LogP contribution in [0.4, 0.5) is 5.82 Å². The smallest absolute Gasteiger partial charge is 0.143 e. The van der Waals surface area contributed by atoms with Crippen LogP contribution in [0.5, 0.6) is 5.75 Å². The van der Waals surface area contributed by atoms with Gasteiger partial charge in [-0.25, -0.2) is 9.97 Å². The van der Waals surface area contributed by atoms with Gasteiger partial charge in [-0.3, -0.25) is 0 Å². The molecule has 1 aliphatic rings. The average molecular weight is 310 g/mol. The van der Waals surface area contributed by atoms with Crippen LogP contribution in [0.3, 0.4) is 0 Å². The Kier molecular flexibility index (Phi) is 3.38. The molecule has 0 amide bonds. The van der Waals surface area contributed by atoms with Crippen molar-refractivity contribution in [3.05, 3.63) is 47.9 Å². The van der Waals surface area contributed by atoms with E-state index in [4.69, 9.17) is 4.74 Å². The van der Waals surface area contributed by atoms with E-state index in [9.17, 15) is 5.11 Å². The van der Waals surface area contributed by atoms with Gasteiger partial charge in [-0.1, -0.05) is 12.1 Å². The van der Waals surface area contributed by atoms with Crippen molar-refractivity contribution in [2.45, 2.75) is 13.0 Å². The van der Waals surface area contributed by atoms with E-state index in [1.165, 1.54) is 0 Å². The SMILES string of the molecule is Cc1nc(N2CCO[C@H](c3cccc(O)c3)C2)c2cc[nH]c2n1. The van der Waals surface area contributed by atoms with E-state index in [-0.39, 0.29) is 11.9 Å². The molecule has 0 aliphatic carbocycles. The maximum atomic E-state index is 9.68. The Morgan fingerprint density at radius 1 is 1.30 bits per heavy atom. The van der Waals surface area contributed by atoms with Gasteiger partial charge < -0.3 is 19.7 Å². The number of aromatic hydroxyl groups is 1. The molecular formula is C17H18N4O2. The van der Waals surface area contributed by atoms with Gasteiger partial charge in [0.25, 0.3) is 0 Å². The lowest BCUT2D eigenvalue weighted by Gasteiger charge is -2.34. The van der Waals surface area contributed by atoms with Crippen molar-refractivity contribution in [3.8, 4) is 5.75 Å². The van der Waals surface area contributed by atoms with Crippen LogP contribution >= 0.6 is 0 Å². The summed E-state index contributed by atoms with van der Waals surface area (Å²) in [4.78, 5) is 14.4. The lowest BCUT2D eigenvalue weighted by molar-refractivity contribution is 0.0395. The minimum absolute atomic E-state index is 0.0832. The van der Waals surface area contributed by atoms with Gasteiger partial charge in [0.2, 0.25) is 0 Å². The molecule has 1 fully saturated rings. The quantitative estimate of drug-likeness (QED) is 0.761. The van der Waals surface area contributed by atoms with Gasteiger partial charge in [0.05, 0.1) is 12.0 Å². The van der Waals surface area contributed by atoms with E-state index >= 15 is 0 Å². The third-order valence-electron chi connectivity index (χ3n) is 4.12. The highest BCUT2D eigenvalue weighted by molar-refractivity contribution is 5.87. The minimum atomic E-state index is -0.0832. The Morgan fingerprint density at radius 3 is 3.09 bits per heavy atom. The number of benzene rings is 1. The van der Waals surface area contributed by atoms with Crippen molar-refractivity contribution in [2.24, 2.45) is 0 Å². The van der Waals surface area contributed by atoms with Gasteiger partial charge in [0.1, 0.15) is 29.1 Å². The number of phenols is 1. The summed E-state index contributed by atoms with van der Waals surface area (Å²) >= 11 is 0. The number of fused-ring (bicyclic) bond motifs is 1. The molecule has 4 rings (SSSR count). The van der Waals surface area contributed by atoms with Crippen LogP contribution in [0.15, 0.2) is 36.5 Å². The molecule has 0 radical (unpaired) electrons. The van der Waals surface area contributed by atoms with Crippen LogP contribution < -0.4 is 4.90 Å². The first-order valence-corrected chi connectivity index (χ1v) is 7.68. The summed E-state index contributed by atoms with van der Waals surface area (Å²) in [7, 11) is 0. The number of aryl methyl sites for hydroxylation is 1. The maximum Gasteiger partial charge on any atom is 0.143 e. The lowest BCUT2D eigenvalue weighted by atomic mass is 10.1. The first kappa shape index (κ1) is 14.0. The Morgan fingerprint density at radius 2 is 2.22 bits per heavy atom. The second-order valence-corrected chi connectivity index (χ2v) is 5.73. The zero-order valence-electron chi connectivity index (χ0n) is 12.9. The third-order valence-corrected chi connectivity index (χ3v) is 4.12. The molecule has 0 saturated carbocycles. The van der Waals surface area contributed by atoms with E-state index in [0.29, 0.717) is 13.2 Å². The zero-order valence-corrected chi connectivity index (χ0v) is 12.9. The number of ether oxygens (including phenoxy) is 1. The molecule has 1 saturated heterocycles. The lowest BCUT2D eigenvalue weighted by Crippen LogP contribution is -2.39. The fourth-order valence-corrected chi connectivity index (χ4v) is 3.04. The molecule has 1 aliphatic heterocycles. The Bertz CT molecular complexity index is 845. The monoisotopic (exact) mass is 310 g/mol. The average Bonchev–Trinajstić information content (AvgIpc) is 3.02. The molecule has 0 bridgehead atoms. The number of anilines is 1. The summed E-state index contributed by atoms with van der Waals surface area (Å²) in [6.07, 6.45) is 1.80. The molecule has 2 aromatic heterocycles. The van der Waals surface area contributed by atoms with Crippen molar-refractivity contribution in [1.29, 1.82) is 0 Å². The molecule has 2 N–H and O–H groups in total. The fourth-order valence-electron chi connectivity index (χ4n) is 3.04. The van der Waals surface area contributed by atoms with E-state index in [0.717, 1.165) is 34.8 Å². The minimum Gasteiger partial charge on any atom is -0.508 e. The van der Waals surface area contributed by atoms with Crippen LogP contribution in [0.2, 0.25) is 0 Å². The zero-order chi connectivity index (χ0) is 15.8. The molecule has 6 heteroatoms. The Balaban J connectivity index is 1.67. The number of phenolic OH excluding ortho intramolecular Hbond substituents is 1. The van der Waals surface area contributed by atoms with E-state index in [1.54, 1.807) is 12.1 Å². The number of rotatable bonds is 2. The van der Waals surface area contributed by atoms with E-state index < -0.39 is 0 Å². The highest BCUT2D eigenvalue weighted by Gasteiger charge is 2.25. The highest BCUT2D eigenvalue weighted by Crippen LogP contribution is 2.30. The Labute approximate surface area is 133 Å². The second-order valence-electron chi connectivity index (χ2n) is 5.73. The molecule has 1 atom stereocenters. The molecule has 3 aromatic rings. The summed E-state index contributed by atoms with van der Waals surface area (Å²) in [5, 5.41) is 10.7. The van der Waals surface area contributed by atoms with E-state index in [2.05, 4.69) is 19.9 Å². The van der Waals surface area contributed by atoms with Gasteiger partial charge >= 0.3 is 0 Å². The van der Waals surface area contributed by atoms with E-state index in [1.807, 2.05) is 31.3 Å². The van der Waals surface area contributed by atoms with Crippen LogP contribution in [0.1, 0.15) is 17.5 Å². The summed E-state index contributed by atoms with van der Waals surface area (Å²) < 4.78 is 5.89. The summed E-state index contributed by atoms with van der Waals surface area (Å²) in [5.41, 5.74) is 1.83. The highest BCUT2D eigenvalue weighted by atomic mass is 16.5. The predicted octanol–water partition coefficient (Wildman–Crippen LogP) is 2.55. The van der Waals surface area contributed by atoms with Crippen molar-refractivity contribution in [1.82, 2.24) is 15.0 Å². The van der Waals surface area contributed by atoms with Crippen LogP contribution in [-0.4, -0.2) is 39.8 Å². The molecule has 23 heavy (non-hydrogen) atoms. The number of hydrogen-bond donors (Lipinski definition) is 2. The largest absolute Gasteiger partial charge is 0.508 e. The molecular weight excluding hydrogens is 292 g/mol. The van der Waals surface area contributed by atoms with Crippen molar-refractivity contribution >= 4 is 16.9 Å². The molecule has 118 valence electrons. The van der Waals surface area contributed by atoms with Crippen LogP contribution in [-0.2, 0) is 4.74 Å². The molecule has 0 spiro atoms. The second kappa shape index (κ2) is 5.55. The topological polar surface area (TPSA) is 74.3 Å². The third kappa shape index (κ3) is 2.61. The van der Waals surface area contributed by atoms with Crippen molar-refractivity contribution < 1.29 is 9.84 Å². The molecule has 1 aromatic carbocycles. The first-order valence-electron chi connectivity index (χ1n) is 7.68. The number of aromatic nitrogens is 3. The predicted molar refractivity (Wildman–Crippen MR) is 87.6 cm³/mol. The number of aromatic amines is 1. The van der Waals surface area contributed by atoms with Gasteiger partial charge in [0.15, 0.2) is 0 Å². The van der Waals surface area contributed by atoms with Crippen molar-refractivity contribution in [3.63, 3.8) is 0 Å². The molecule has 3 heterocycles. The summed E-state index contributed by atoms with van der Waals surface area (Å²) in [6, 6.07) is 9.24. The van der Waals surface area contributed by atoms with Gasteiger partial charge in [0, 0.05) is 19.3 Å². The van der Waals surface area contributed by atoms with Gasteiger partial charge in [-0.15, -0.1) is 0 Å². The summed E-state index contributed by atoms with van der Waals surface area (Å²) in [6.45, 7) is 4.00. The fraction of sp³-hybridized carbons (Fsp3) is 0.294. The van der Waals surface area contributed by atoms with Gasteiger partial charge in [-0.2, -0.15) is 0 Å². The number of hydrogen-bond acceptors (Lipinski definition) is 5. The van der Waals surface area contributed by atoms with Crippen molar-refractivity contribution in [2.75, 3.05) is 24.6 Å². The number of morpholine rings is 1. The van der Waals surface area contributed by atoms with Crippen LogP contribution in [0.25, 0.3) is 11.0 Å². The van der Waals surface area contributed by atoms with Gasteiger partial charge in [-0.05, 0) is 30.7 Å². The number of nitrogens with one attached hydrogen (secondary N) is 1. The normalized spacial score (nSPS) is 18.5.